The summed E-state index contributed by atoms with van der Waals surface area (Å²) in [4.78, 5) is 24.8. The molecule has 104 valence electrons. The number of rotatable bonds is 6. The Morgan fingerprint density at radius 2 is 2.11 bits per heavy atom. The van der Waals surface area contributed by atoms with E-state index in [0.717, 1.165) is 6.42 Å². The van der Waals surface area contributed by atoms with Gasteiger partial charge in [-0.05, 0) is 6.42 Å². The summed E-state index contributed by atoms with van der Waals surface area (Å²) >= 11 is 0. The van der Waals surface area contributed by atoms with Crippen LogP contribution >= 0.6 is 0 Å². The number of methoxy groups -OCH3 is 1. The highest BCUT2D eigenvalue weighted by molar-refractivity contribution is 5.85. The number of aliphatic hydroxyl groups excluding tert-OH is 1. The maximum atomic E-state index is 11.9. The Bertz CT molecular complexity index is 294. The van der Waals surface area contributed by atoms with Crippen LogP contribution in [0, 0.1) is 0 Å². The van der Waals surface area contributed by atoms with Crippen LogP contribution in [0.1, 0.15) is 26.2 Å². The van der Waals surface area contributed by atoms with Crippen molar-refractivity contribution in [1.82, 2.24) is 4.90 Å². The molecular weight excluding hydrogens is 238 g/mol. The van der Waals surface area contributed by atoms with E-state index in [1.807, 2.05) is 6.92 Å². The lowest BCUT2D eigenvalue weighted by Gasteiger charge is -2.22. The number of esters is 1. The standard InChI is InChI=1S/C12H21NO5/c1-3-5-18-6-4-11(15)13-8-9(14)7-10(13)12(16)17-2/h9-10,14H,3-8H2,1-2H3. The van der Waals surface area contributed by atoms with Crippen molar-refractivity contribution in [2.75, 3.05) is 26.9 Å². The van der Waals surface area contributed by atoms with Crippen LogP contribution in [0.3, 0.4) is 0 Å². The molecule has 0 spiro atoms. The number of aliphatic hydroxyl groups is 1. The molecule has 0 bridgehead atoms. The highest BCUT2D eigenvalue weighted by atomic mass is 16.5. The Hall–Kier alpha value is -1.14. The smallest absolute Gasteiger partial charge is 0.328 e. The minimum absolute atomic E-state index is 0.182. The Morgan fingerprint density at radius 3 is 2.72 bits per heavy atom. The van der Waals surface area contributed by atoms with Gasteiger partial charge in [0, 0.05) is 19.6 Å². The van der Waals surface area contributed by atoms with Gasteiger partial charge in [0.1, 0.15) is 6.04 Å². The third-order valence-electron chi connectivity index (χ3n) is 2.88. The van der Waals surface area contributed by atoms with E-state index in [4.69, 9.17) is 4.74 Å². The fourth-order valence-electron chi connectivity index (χ4n) is 2.00. The van der Waals surface area contributed by atoms with Gasteiger partial charge in [-0.1, -0.05) is 6.92 Å². The first-order valence-electron chi connectivity index (χ1n) is 6.23. The van der Waals surface area contributed by atoms with Gasteiger partial charge in [0.05, 0.1) is 26.2 Å². The predicted molar refractivity (Wildman–Crippen MR) is 63.9 cm³/mol. The molecule has 1 fully saturated rings. The molecule has 2 atom stereocenters. The van der Waals surface area contributed by atoms with Crippen LogP contribution < -0.4 is 0 Å². The number of likely N-dealkylation sites (tertiary alicyclic amines) is 1. The summed E-state index contributed by atoms with van der Waals surface area (Å²) in [5.41, 5.74) is 0. The lowest BCUT2D eigenvalue weighted by Crippen LogP contribution is -2.41. The van der Waals surface area contributed by atoms with E-state index in [9.17, 15) is 14.7 Å². The summed E-state index contributed by atoms with van der Waals surface area (Å²) in [7, 11) is 1.28. The van der Waals surface area contributed by atoms with E-state index in [0.29, 0.717) is 13.2 Å². The average Bonchev–Trinajstić information content (AvgIpc) is 2.75. The summed E-state index contributed by atoms with van der Waals surface area (Å²) in [6, 6.07) is -0.663. The van der Waals surface area contributed by atoms with Crippen LogP contribution in [0.4, 0.5) is 0 Å². The molecule has 1 saturated heterocycles. The highest BCUT2D eigenvalue weighted by Crippen LogP contribution is 2.20. The highest BCUT2D eigenvalue weighted by Gasteiger charge is 2.39. The normalized spacial score (nSPS) is 23.2. The molecule has 0 aliphatic carbocycles. The molecule has 1 amide bonds. The number of carbonyl (C=O) groups excluding carboxylic acids is 2. The number of carbonyl (C=O) groups is 2. The second-order valence-corrected chi connectivity index (χ2v) is 4.34. The fraction of sp³-hybridized carbons (Fsp3) is 0.833. The van der Waals surface area contributed by atoms with Crippen molar-refractivity contribution in [3.63, 3.8) is 0 Å². The lowest BCUT2D eigenvalue weighted by atomic mass is 10.2. The Kier molecular flexibility index (Phi) is 6.07. The molecule has 6 heteroatoms. The summed E-state index contributed by atoms with van der Waals surface area (Å²) in [6.45, 7) is 3.14. The molecule has 1 aliphatic heterocycles. The van der Waals surface area contributed by atoms with Gasteiger partial charge in [0.2, 0.25) is 5.91 Å². The van der Waals surface area contributed by atoms with E-state index in [-0.39, 0.29) is 25.3 Å². The maximum Gasteiger partial charge on any atom is 0.328 e. The van der Waals surface area contributed by atoms with Crippen LogP contribution in [-0.4, -0.2) is 60.9 Å². The largest absolute Gasteiger partial charge is 0.467 e. The van der Waals surface area contributed by atoms with Gasteiger partial charge in [-0.2, -0.15) is 0 Å². The molecule has 1 N–H and O–H groups in total. The second kappa shape index (κ2) is 7.33. The minimum Gasteiger partial charge on any atom is -0.467 e. The van der Waals surface area contributed by atoms with Crippen molar-refractivity contribution in [3.05, 3.63) is 0 Å². The molecule has 0 aromatic rings. The van der Waals surface area contributed by atoms with Gasteiger partial charge in [-0.25, -0.2) is 4.79 Å². The van der Waals surface area contributed by atoms with Crippen molar-refractivity contribution >= 4 is 11.9 Å². The van der Waals surface area contributed by atoms with Gasteiger partial charge in [0.25, 0.3) is 0 Å². The molecule has 0 saturated carbocycles. The Morgan fingerprint density at radius 1 is 1.39 bits per heavy atom. The molecular formula is C12H21NO5. The minimum atomic E-state index is -0.663. The zero-order valence-electron chi connectivity index (χ0n) is 10.9. The second-order valence-electron chi connectivity index (χ2n) is 4.34. The number of ether oxygens (including phenoxy) is 2. The van der Waals surface area contributed by atoms with Crippen LogP contribution in [0.25, 0.3) is 0 Å². The summed E-state index contributed by atoms with van der Waals surface area (Å²) < 4.78 is 9.87. The first-order chi connectivity index (χ1) is 8.60. The molecule has 0 aromatic carbocycles. The molecule has 18 heavy (non-hydrogen) atoms. The topological polar surface area (TPSA) is 76.1 Å². The first-order valence-corrected chi connectivity index (χ1v) is 6.23. The summed E-state index contributed by atoms with van der Waals surface area (Å²) in [6.07, 6.45) is 0.713. The third kappa shape index (κ3) is 3.96. The van der Waals surface area contributed by atoms with Crippen LogP contribution in [0.2, 0.25) is 0 Å². The average molecular weight is 259 g/mol. The number of β-amino-alcohol motifs (C(OH)–C–C–N with tert-alkyl or cyclic N) is 1. The van der Waals surface area contributed by atoms with Gasteiger partial charge in [-0.3, -0.25) is 4.79 Å². The lowest BCUT2D eigenvalue weighted by molar-refractivity contribution is -0.151. The molecule has 1 aliphatic rings. The van der Waals surface area contributed by atoms with Crippen LogP contribution in [0.15, 0.2) is 0 Å². The van der Waals surface area contributed by atoms with Crippen molar-refractivity contribution in [2.45, 2.75) is 38.3 Å². The van der Waals surface area contributed by atoms with Crippen LogP contribution in [0.5, 0.6) is 0 Å². The van der Waals surface area contributed by atoms with Crippen LogP contribution in [-0.2, 0) is 19.1 Å². The molecule has 6 nitrogen and oxygen atoms in total. The van der Waals surface area contributed by atoms with Gasteiger partial charge in [-0.15, -0.1) is 0 Å². The van der Waals surface area contributed by atoms with Crippen molar-refractivity contribution in [1.29, 1.82) is 0 Å². The maximum absolute atomic E-state index is 11.9. The van der Waals surface area contributed by atoms with Gasteiger partial charge < -0.3 is 19.5 Å². The third-order valence-corrected chi connectivity index (χ3v) is 2.88. The fourth-order valence-corrected chi connectivity index (χ4v) is 2.00. The summed E-state index contributed by atoms with van der Waals surface area (Å²) in [5.74, 6) is -0.660. The molecule has 0 aromatic heterocycles. The zero-order valence-corrected chi connectivity index (χ0v) is 10.9. The Labute approximate surface area is 107 Å². The SMILES string of the molecule is CCCOCCC(=O)N1CC(O)CC1C(=O)OC. The molecule has 1 heterocycles. The molecule has 0 radical (unpaired) electrons. The van der Waals surface area contributed by atoms with E-state index in [2.05, 4.69) is 4.74 Å². The monoisotopic (exact) mass is 259 g/mol. The number of amides is 1. The van der Waals surface area contributed by atoms with E-state index in [1.54, 1.807) is 0 Å². The summed E-state index contributed by atoms with van der Waals surface area (Å²) in [5, 5.41) is 9.54. The van der Waals surface area contributed by atoms with E-state index in [1.165, 1.54) is 12.0 Å². The van der Waals surface area contributed by atoms with Gasteiger partial charge >= 0.3 is 5.97 Å². The number of nitrogens with zero attached hydrogens (tertiary/aromatic N) is 1. The first kappa shape index (κ1) is 14.9. The predicted octanol–water partition coefficient (Wildman–Crippen LogP) is -0.0621. The van der Waals surface area contributed by atoms with Gasteiger partial charge in [0.15, 0.2) is 0 Å². The number of hydrogen-bond donors (Lipinski definition) is 1. The Balaban J connectivity index is 2.46. The van der Waals surface area contributed by atoms with Crippen molar-refractivity contribution < 1.29 is 24.2 Å². The van der Waals surface area contributed by atoms with Crippen molar-refractivity contribution in [3.8, 4) is 0 Å². The zero-order chi connectivity index (χ0) is 13.5. The quantitative estimate of drug-likeness (QED) is 0.534. The van der Waals surface area contributed by atoms with Crippen molar-refractivity contribution in [2.24, 2.45) is 0 Å². The molecule has 2 unspecified atom stereocenters. The molecule has 1 rings (SSSR count). The van der Waals surface area contributed by atoms with E-state index < -0.39 is 18.1 Å². The van der Waals surface area contributed by atoms with E-state index >= 15 is 0 Å². The number of hydrogen-bond acceptors (Lipinski definition) is 5.